The lowest BCUT2D eigenvalue weighted by Crippen LogP contribution is -1.89. The van der Waals surface area contributed by atoms with Crippen molar-refractivity contribution in [1.82, 2.24) is 9.97 Å². The Balaban J connectivity index is 2.41. The predicted octanol–water partition coefficient (Wildman–Crippen LogP) is 3.33. The van der Waals surface area contributed by atoms with Gasteiger partial charge in [-0.25, -0.2) is 0 Å². The number of aromatic nitrogens is 2. The molecule has 0 aliphatic rings. The number of hydrogen-bond donors (Lipinski definition) is 0. The lowest BCUT2D eigenvalue weighted by atomic mass is 10.0. The second kappa shape index (κ2) is 3.88. The first-order valence-electron chi connectivity index (χ1n) is 4.62. The number of thiazole rings is 1. The van der Waals surface area contributed by atoms with Gasteiger partial charge in [0, 0.05) is 12.4 Å². The van der Waals surface area contributed by atoms with Crippen molar-refractivity contribution in [3.05, 3.63) is 35.6 Å². The first-order chi connectivity index (χ1) is 6.77. The van der Waals surface area contributed by atoms with Crippen molar-refractivity contribution in [3.63, 3.8) is 0 Å². The molecule has 2 aromatic rings. The standard InChI is InChI=1S/C11H12N2S/c1-8(2)9-3-4-13-10(5-9)11-6-12-7-14-11/h3-8H,1-2H3. The molecule has 3 heteroatoms. The highest BCUT2D eigenvalue weighted by Crippen LogP contribution is 2.24. The van der Waals surface area contributed by atoms with Crippen molar-refractivity contribution >= 4 is 11.3 Å². The molecule has 0 unspecified atom stereocenters. The van der Waals surface area contributed by atoms with Gasteiger partial charge in [0.2, 0.25) is 0 Å². The fourth-order valence-corrected chi connectivity index (χ4v) is 1.87. The van der Waals surface area contributed by atoms with E-state index in [-0.39, 0.29) is 0 Å². The Labute approximate surface area is 87.7 Å². The summed E-state index contributed by atoms with van der Waals surface area (Å²) in [6.07, 6.45) is 3.72. The monoisotopic (exact) mass is 204 g/mol. The predicted molar refractivity (Wildman–Crippen MR) is 59.4 cm³/mol. The molecule has 0 spiro atoms. The van der Waals surface area contributed by atoms with Crippen molar-refractivity contribution in [2.45, 2.75) is 19.8 Å². The molecule has 0 amide bonds. The molecule has 0 aliphatic heterocycles. The maximum atomic E-state index is 4.33. The molecule has 2 heterocycles. The second-order valence-corrected chi connectivity index (χ2v) is 4.38. The van der Waals surface area contributed by atoms with E-state index in [1.807, 2.05) is 17.9 Å². The molecule has 0 atom stereocenters. The summed E-state index contributed by atoms with van der Waals surface area (Å²) in [6.45, 7) is 4.37. The zero-order valence-corrected chi connectivity index (χ0v) is 9.08. The van der Waals surface area contributed by atoms with E-state index >= 15 is 0 Å². The summed E-state index contributed by atoms with van der Waals surface area (Å²) in [5.41, 5.74) is 4.18. The molecular formula is C11H12N2S. The van der Waals surface area contributed by atoms with Gasteiger partial charge in [0.25, 0.3) is 0 Å². The van der Waals surface area contributed by atoms with E-state index < -0.39 is 0 Å². The van der Waals surface area contributed by atoms with E-state index in [9.17, 15) is 0 Å². The topological polar surface area (TPSA) is 25.8 Å². The van der Waals surface area contributed by atoms with Gasteiger partial charge >= 0.3 is 0 Å². The Morgan fingerprint density at radius 1 is 1.36 bits per heavy atom. The average molecular weight is 204 g/mol. The highest BCUT2D eigenvalue weighted by atomic mass is 32.1. The van der Waals surface area contributed by atoms with Crippen LogP contribution >= 0.6 is 11.3 Å². The Morgan fingerprint density at radius 2 is 2.21 bits per heavy atom. The highest BCUT2D eigenvalue weighted by Gasteiger charge is 2.04. The zero-order chi connectivity index (χ0) is 9.97. The molecule has 0 aromatic carbocycles. The van der Waals surface area contributed by atoms with E-state index in [1.165, 1.54) is 5.56 Å². The third-order valence-corrected chi connectivity index (χ3v) is 2.93. The number of pyridine rings is 1. The lowest BCUT2D eigenvalue weighted by Gasteiger charge is -2.05. The molecule has 72 valence electrons. The van der Waals surface area contributed by atoms with Crippen LogP contribution in [0.15, 0.2) is 30.0 Å². The van der Waals surface area contributed by atoms with E-state index in [1.54, 1.807) is 11.3 Å². The molecular weight excluding hydrogens is 192 g/mol. The van der Waals surface area contributed by atoms with Crippen LogP contribution in [-0.4, -0.2) is 9.97 Å². The quantitative estimate of drug-likeness (QED) is 0.750. The smallest absolute Gasteiger partial charge is 0.0820 e. The fourth-order valence-electron chi connectivity index (χ4n) is 1.28. The van der Waals surface area contributed by atoms with Gasteiger partial charge in [0.1, 0.15) is 0 Å². The van der Waals surface area contributed by atoms with Crippen LogP contribution in [0.5, 0.6) is 0 Å². The van der Waals surface area contributed by atoms with Gasteiger partial charge in [-0.15, -0.1) is 11.3 Å². The minimum absolute atomic E-state index is 0.546. The highest BCUT2D eigenvalue weighted by molar-refractivity contribution is 7.13. The maximum absolute atomic E-state index is 4.33. The van der Waals surface area contributed by atoms with Crippen molar-refractivity contribution in [2.24, 2.45) is 0 Å². The summed E-state index contributed by atoms with van der Waals surface area (Å²) in [5.74, 6) is 0.546. The van der Waals surface area contributed by atoms with E-state index in [0.717, 1.165) is 10.6 Å². The van der Waals surface area contributed by atoms with Crippen molar-refractivity contribution in [3.8, 4) is 10.6 Å². The Hall–Kier alpha value is -1.22. The molecule has 0 saturated heterocycles. The molecule has 0 radical (unpaired) electrons. The Morgan fingerprint density at radius 3 is 2.86 bits per heavy atom. The third kappa shape index (κ3) is 1.82. The minimum Gasteiger partial charge on any atom is -0.255 e. The largest absolute Gasteiger partial charge is 0.255 e. The van der Waals surface area contributed by atoms with Gasteiger partial charge in [-0.2, -0.15) is 0 Å². The maximum Gasteiger partial charge on any atom is 0.0820 e. The molecule has 2 nitrogen and oxygen atoms in total. The van der Waals surface area contributed by atoms with Crippen LogP contribution in [0, 0.1) is 0 Å². The van der Waals surface area contributed by atoms with Gasteiger partial charge in [0.15, 0.2) is 0 Å². The SMILES string of the molecule is CC(C)c1ccnc(-c2cncs2)c1. The van der Waals surface area contributed by atoms with Crippen LogP contribution in [-0.2, 0) is 0 Å². The molecule has 0 aliphatic carbocycles. The van der Waals surface area contributed by atoms with Crippen molar-refractivity contribution < 1.29 is 0 Å². The summed E-state index contributed by atoms with van der Waals surface area (Å²) in [4.78, 5) is 9.52. The van der Waals surface area contributed by atoms with Crippen LogP contribution < -0.4 is 0 Å². The molecule has 0 bridgehead atoms. The first-order valence-corrected chi connectivity index (χ1v) is 5.50. The third-order valence-electron chi connectivity index (χ3n) is 2.14. The van der Waals surface area contributed by atoms with Crippen LogP contribution in [0.1, 0.15) is 25.3 Å². The molecule has 2 aromatic heterocycles. The Kier molecular flexibility index (Phi) is 2.59. The summed E-state index contributed by atoms with van der Waals surface area (Å²) in [6, 6.07) is 4.20. The fraction of sp³-hybridized carbons (Fsp3) is 0.273. The normalized spacial score (nSPS) is 10.8. The molecule has 0 N–H and O–H groups in total. The minimum atomic E-state index is 0.546. The van der Waals surface area contributed by atoms with Gasteiger partial charge in [-0.05, 0) is 23.6 Å². The number of rotatable bonds is 2. The molecule has 14 heavy (non-hydrogen) atoms. The van der Waals surface area contributed by atoms with Crippen LogP contribution in [0.3, 0.4) is 0 Å². The van der Waals surface area contributed by atoms with E-state index in [4.69, 9.17) is 0 Å². The first kappa shape index (κ1) is 9.34. The second-order valence-electron chi connectivity index (χ2n) is 3.49. The number of nitrogens with zero attached hydrogens (tertiary/aromatic N) is 2. The summed E-state index contributed by atoms with van der Waals surface area (Å²) in [7, 11) is 0. The number of hydrogen-bond acceptors (Lipinski definition) is 3. The Bertz CT molecular complexity index is 407. The van der Waals surface area contributed by atoms with E-state index in [2.05, 4.69) is 35.9 Å². The van der Waals surface area contributed by atoms with Gasteiger partial charge in [-0.1, -0.05) is 13.8 Å². The molecule has 2 rings (SSSR count). The zero-order valence-electron chi connectivity index (χ0n) is 8.27. The van der Waals surface area contributed by atoms with Crippen LogP contribution in [0.2, 0.25) is 0 Å². The summed E-state index contributed by atoms with van der Waals surface area (Å²) < 4.78 is 0. The van der Waals surface area contributed by atoms with Crippen molar-refractivity contribution in [1.29, 1.82) is 0 Å². The van der Waals surface area contributed by atoms with Gasteiger partial charge < -0.3 is 0 Å². The molecule has 0 fully saturated rings. The summed E-state index contributed by atoms with van der Waals surface area (Å²) >= 11 is 1.62. The van der Waals surface area contributed by atoms with E-state index in [0.29, 0.717) is 5.92 Å². The average Bonchev–Trinajstić information content (AvgIpc) is 2.71. The molecule has 0 saturated carbocycles. The van der Waals surface area contributed by atoms with Gasteiger partial charge in [0.05, 0.1) is 16.1 Å². The van der Waals surface area contributed by atoms with Gasteiger partial charge in [-0.3, -0.25) is 9.97 Å². The van der Waals surface area contributed by atoms with Crippen LogP contribution in [0.4, 0.5) is 0 Å². The van der Waals surface area contributed by atoms with Crippen molar-refractivity contribution in [2.75, 3.05) is 0 Å². The van der Waals surface area contributed by atoms with Crippen LogP contribution in [0.25, 0.3) is 10.6 Å². The lowest BCUT2D eigenvalue weighted by molar-refractivity contribution is 0.864. The summed E-state index contributed by atoms with van der Waals surface area (Å²) in [5, 5.41) is 0.